The fourth-order valence-corrected chi connectivity index (χ4v) is 2.75. The van der Waals surface area contributed by atoms with E-state index in [9.17, 15) is 4.79 Å². The van der Waals surface area contributed by atoms with Crippen molar-refractivity contribution in [2.24, 2.45) is 0 Å². The second-order valence-corrected chi connectivity index (χ2v) is 5.19. The zero-order chi connectivity index (χ0) is 14.8. The van der Waals surface area contributed by atoms with Gasteiger partial charge < -0.3 is 9.47 Å². The van der Waals surface area contributed by atoms with Crippen LogP contribution in [0.3, 0.4) is 0 Å². The molecule has 0 saturated heterocycles. The Hall–Kier alpha value is -2.61. The van der Waals surface area contributed by atoms with Crippen LogP contribution in [0.4, 0.5) is 0 Å². The molecular formula is C16H16N4O. The predicted molar refractivity (Wildman–Crippen MR) is 77.2 cm³/mol. The standard InChI is InChI=1S/C16H16N4O/c1-2-7-19-10-14-9-18-11-20(14)15(16(19)21)13-5-3-12(8-17)4-6-13/h3-6,9,11,15H,2,7,10H2,1H3. The summed E-state index contributed by atoms with van der Waals surface area (Å²) >= 11 is 0. The average Bonchev–Trinajstić information content (AvgIpc) is 2.96. The van der Waals surface area contributed by atoms with E-state index in [2.05, 4.69) is 18.0 Å². The topological polar surface area (TPSA) is 61.9 Å². The summed E-state index contributed by atoms with van der Waals surface area (Å²) < 4.78 is 1.93. The largest absolute Gasteiger partial charge is 0.335 e. The van der Waals surface area contributed by atoms with Crippen LogP contribution in [-0.2, 0) is 11.3 Å². The first kappa shape index (κ1) is 13.4. The molecular weight excluding hydrogens is 264 g/mol. The highest BCUT2D eigenvalue weighted by Gasteiger charge is 2.33. The minimum atomic E-state index is -0.379. The van der Waals surface area contributed by atoms with Gasteiger partial charge in [0.05, 0.1) is 30.2 Å². The molecule has 0 spiro atoms. The number of benzene rings is 1. The van der Waals surface area contributed by atoms with Crippen LogP contribution >= 0.6 is 0 Å². The van der Waals surface area contributed by atoms with Crippen molar-refractivity contribution in [2.45, 2.75) is 25.9 Å². The minimum absolute atomic E-state index is 0.0899. The van der Waals surface area contributed by atoms with Crippen LogP contribution in [0, 0.1) is 11.3 Å². The predicted octanol–water partition coefficient (Wildman–Crippen LogP) is 2.10. The lowest BCUT2D eigenvalue weighted by atomic mass is 10.0. The van der Waals surface area contributed by atoms with E-state index >= 15 is 0 Å². The number of imidazole rings is 1. The molecule has 2 heterocycles. The molecule has 5 nitrogen and oxygen atoms in total. The quantitative estimate of drug-likeness (QED) is 0.865. The van der Waals surface area contributed by atoms with Gasteiger partial charge in [0.1, 0.15) is 6.04 Å². The van der Waals surface area contributed by atoms with Gasteiger partial charge >= 0.3 is 0 Å². The first-order valence-corrected chi connectivity index (χ1v) is 7.04. The summed E-state index contributed by atoms with van der Waals surface area (Å²) in [6.45, 7) is 3.42. The van der Waals surface area contributed by atoms with Crippen LogP contribution in [0.15, 0.2) is 36.8 Å². The molecule has 0 saturated carbocycles. The molecule has 21 heavy (non-hydrogen) atoms. The summed E-state index contributed by atoms with van der Waals surface area (Å²) in [5.74, 6) is 0.0899. The molecule has 1 aromatic carbocycles. The molecule has 1 unspecified atom stereocenters. The molecule has 5 heteroatoms. The first-order chi connectivity index (χ1) is 10.2. The normalized spacial score (nSPS) is 17.4. The maximum absolute atomic E-state index is 12.7. The Morgan fingerprint density at radius 1 is 1.38 bits per heavy atom. The number of hydrogen-bond acceptors (Lipinski definition) is 3. The molecule has 0 N–H and O–H groups in total. The summed E-state index contributed by atoms with van der Waals surface area (Å²) in [6.07, 6.45) is 4.45. The molecule has 0 aliphatic carbocycles. The Morgan fingerprint density at radius 3 is 2.81 bits per heavy atom. The van der Waals surface area contributed by atoms with Gasteiger partial charge in [0.15, 0.2) is 0 Å². The monoisotopic (exact) mass is 280 g/mol. The molecule has 2 aromatic rings. The van der Waals surface area contributed by atoms with E-state index in [1.807, 2.05) is 27.8 Å². The number of nitriles is 1. The van der Waals surface area contributed by atoms with E-state index in [0.29, 0.717) is 12.1 Å². The smallest absolute Gasteiger partial charge is 0.250 e. The van der Waals surface area contributed by atoms with Gasteiger partial charge in [0.25, 0.3) is 5.91 Å². The lowest BCUT2D eigenvalue weighted by Gasteiger charge is -2.34. The van der Waals surface area contributed by atoms with E-state index in [1.54, 1.807) is 18.5 Å². The molecule has 0 radical (unpaired) electrons. The van der Waals surface area contributed by atoms with Crippen molar-refractivity contribution in [3.63, 3.8) is 0 Å². The molecule has 1 aliphatic heterocycles. The number of aromatic nitrogens is 2. The van der Waals surface area contributed by atoms with Gasteiger partial charge in [-0.2, -0.15) is 5.26 Å². The Morgan fingerprint density at radius 2 is 2.14 bits per heavy atom. The van der Waals surface area contributed by atoms with Gasteiger partial charge in [-0.1, -0.05) is 19.1 Å². The molecule has 1 atom stereocenters. The molecule has 1 aromatic heterocycles. The highest BCUT2D eigenvalue weighted by Crippen LogP contribution is 2.28. The van der Waals surface area contributed by atoms with Crippen molar-refractivity contribution in [3.05, 3.63) is 53.6 Å². The molecule has 0 bridgehead atoms. The van der Waals surface area contributed by atoms with Crippen molar-refractivity contribution >= 4 is 5.91 Å². The fraction of sp³-hybridized carbons (Fsp3) is 0.312. The number of rotatable bonds is 3. The van der Waals surface area contributed by atoms with Crippen LogP contribution < -0.4 is 0 Å². The Balaban J connectivity index is 2.02. The number of carbonyl (C=O) groups excluding carboxylic acids is 1. The molecule has 106 valence electrons. The first-order valence-electron chi connectivity index (χ1n) is 7.04. The van der Waals surface area contributed by atoms with Crippen LogP contribution in [0.25, 0.3) is 0 Å². The van der Waals surface area contributed by atoms with Crippen molar-refractivity contribution in [1.82, 2.24) is 14.5 Å². The van der Waals surface area contributed by atoms with Gasteiger partial charge in [-0.3, -0.25) is 4.79 Å². The third-order valence-corrected chi connectivity index (χ3v) is 3.77. The summed E-state index contributed by atoms with van der Waals surface area (Å²) in [6, 6.07) is 8.91. The summed E-state index contributed by atoms with van der Waals surface area (Å²) in [5, 5.41) is 8.89. The third kappa shape index (κ3) is 2.29. The summed E-state index contributed by atoms with van der Waals surface area (Å²) in [7, 11) is 0. The number of fused-ring (bicyclic) bond motifs is 1. The van der Waals surface area contributed by atoms with Crippen LogP contribution in [0.1, 0.15) is 36.2 Å². The van der Waals surface area contributed by atoms with Crippen molar-refractivity contribution < 1.29 is 4.79 Å². The molecule has 1 aliphatic rings. The number of nitrogens with zero attached hydrogens (tertiary/aromatic N) is 4. The average molecular weight is 280 g/mol. The van der Waals surface area contributed by atoms with Crippen molar-refractivity contribution in [1.29, 1.82) is 5.26 Å². The van der Waals surface area contributed by atoms with E-state index in [0.717, 1.165) is 24.2 Å². The van der Waals surface area contributed by atoms with Crippen LogP contribution in [0.2, 0.25) is 0 Å². The summed E-state index contributed by atoms with van der Waals surface area (Å²) in [5.41, 5.74) is 2.52. The SMILES string of the molecule is CCCN1Cc2cncn2C(c2ccc(C#N)cc2)C1=O. The zero-order valence-electron chi connectivity index (χ0n) is 11.9. The Kier molecular flexibility index (Phi) is 3.44. The maximum atomic E-state index is 12.7. The lowest BCUT2D eigenvalue weighted by molar-refractivity contribution is -0.136. The minimum Gasteiger partial charge on any atom is -0.335 e. The third-order valence-electron chi connectivity index (χ3n) is 3.77. The van der Waals surface area contributed by atoms with E-state index in [-0.39, 0.29) is 11.9 Å². The van der Waals surface area contributed by atoms with Crippen molar-refractivity contribution in [2.75, 3.05) is 6.54 Å². The molecule has 1 amide bonds. The van der Waals surface area contributed by atoms with Gasteiger partial charge in [-0.15, -0.1) is 0 Å². The number of carbonyl (C=O) groups is 1. The second kappa shape index (κ2) is 5.41. The van der Waals surface area contributed by atoms with E-state index < -0.39 is 0 Å². The maximum Gasteiger partial charge on any atom is 0.250 e. The molecule has 3 rings (SSSR count). The Labute approximate surface area is 123 Å². The Bertz CT molecular complexity index is 696. The van der Waals surface area contributed by atoms with Gasteiger partial charge in [0, 0.05) is 12.7 Å². The van der Waals surface area contributed by atoms with E-state index in [4.69, 9.17) is 5.26 Å². The van der Waals surface area contributed by atoms with Crippen LogP contribution in [-0.4, -0.2) is 26.9 Å². The zero-order valence-corrected chi connectivity index (χ0v) is 11.9. The lowest BCUT2D eigenvalue weighted by Crippen LogP contribution is -2.43. The van der Waals surface area contributed by atoms with Gasteiger partial charge in [-0.25, -0.2) is 4.98 Å². The summed E-state index contributed by atoms with van der Waals surface area (Å²) in [4.78, 5) is 18.8. The van der Waals surface area contributed by atoms with E-state index in [1.165, 1.54) is 0 Å². The number of hydrogen-bond donors (Lipinski definition) is 0. The number of amides is 1. The second-order valence-electron chi connectivity index (χ2n) is 5.19. The fourth-order valence-electron chi connectivity index (χ4n) is 2.75. The van der Waals surface area contributed by atoms with Gasteiger partial charge in [0.2, 0.25) is 0 Å². The van der Waals surface area contributed by atoms with Gasteiger partial charge in [-0.05, 0) is 24.1 Å². The van der Waals surface area contributed by atoms with Crippen molar-refractivity contribution in [3.8, 4) is 6.07 Å². The highest BCUT2D eigenvalue weighted by atomic mass is 16.2. The van der Waals surface area contributed by atoms with Crippen LogP contribution in [0.5, 0.6) is 0 Å². The molecule has 0 fully saturated rings. The highest BCUT2D eigenvalue weighted by molar-refractivity contribution is 5.84.